The quantitative estimate of drug-likeness (QED) is 0.218. The van der Waals surface area contributed by atoms with Crippen molar-refractivity contribution in [3.05, 3.63) is 48.0 Å². The highest BCUT2D eigenvalue weighted by Gasteiger charge is 2.74. The number of benzene rings is 1. The number of aliphatic hydroxyl groups excluding tert-OH is 1. The molecule has 2 N–H and O–H groups in total. The van der Waals surface area contributed by atoms with Crippen LogP contribution in [0, 0.1) is 23.2 Å². The van der Waals surface area contributed by atoms with E-state index in [1.807, 2.05) is 0 Å². The van der Waals surface area contributed by atoms with E-state index in [4.69, 9.17) is 33.2 Å². The minimum absolute atomic E-state index is 0.0233. The molecule has 1 aromatic carbocycles. The van der Waals surface area contributed by atoms with Crippen molar-refractivity contribution in [3.63, 3.8) is 0 Å². The standard InChI is InChI=1S/C41H54O16/c1-21(2)36(48)55-35-30(51-23(4)42)34(53-25(6)44)38(8,9)18-16-22(3)32(52-24(5)43)40(50)20-39(10,56-26(7)45)31(47)29(40)33-41(35,19-17-28(46)54-33)57-37(49)27-14-12-11-13-15-27/h11-16,18,21-22,29-35,47,50H,17,19-20H2,1-10H3/b18-16+/t22-,29+,30-,31+,32-,33+,34+,35+,39+,40+,41-/m0/s1. The molecule has 0 radical (unpaired) electrons. The van der Waals surface area contributed by atoms with Gasteiger partial charge in [-0.3, -0.25) is 28.8 Å². The van der Waals surface area contributed by atoms with Crippen LogP contribution in [0.15, 0.2) is 42.5 Å². The number of aliphatic hydroxyl groups is 2. The number of ether oxygens (including phenoxy) is 7. The first-order chi connectivity index (χ1) is 26.4. The second-order valence-electron chi connectivity index (χ2n) is 16.4. The Morgan fingerprint density at radius 2 is 1.39 bits per heavy atom. The molecule has 1 aliphatic heterocycles. The summed E-state index contributed by atoms with van der Waals surface area (Å²) in [4.78, 5) is 93.4. The summed E-state index contributed by atoms with van der Waals surface area (Å²) in [7, 11) is 0. The van der Waals surface area contributed by atoms with Crippen LogP contribution in [0.4, 0.5) is 0 Å². The molecule has 57 heavy (non-hydrogen) atoms. The Labute approximate surface area is 331 Å². The molecule has 1 heterocycles. The van der Waals surface area contributed by atoms with E-state index in [0.717, 1.165) is 27.7 Å². The molecule has 0 spiro atoms. The van der Waals surface area contributed by atoms with Gasteiger partial charge in [-0.15, -0.1) is 0 Å². The maximum atomic E-state index is 14.4. The molecule has 2 fully saturated rings. The van der Waals surface area contributed by atoms with Crippen LogP contribution in [-0.4, -0.2) is 105 Å². The Balaban J connectivity index is 2.26. The maximum absolute atomic E-state index is 14.4. The second-order valence-corrected chi connectivity index (χ2v) is 16.4. The van der Waals surface area contributed by atoms with Crippen LogP contribution in [0.3, 0.4) is 0 Å². The van der Waals surface area contributed by atoms with Gasteiger partial charge in [-0.25, -0.2) is 4.79 Å². The fourth-order valence-corrected chi connectivity index (χ4v) is 8.42. The molecule has 0 amide bonds. The van der Waals surface area contributed by atoms with E-state index in [1.165, 1.54) is 32.9 Å². The van der Waals surface area contributed by atoms with Crippen molar-refractivity contribution < 1.29 is 76.9 Å². The summed E-state index contributed by atoms with van der Waals surface area (Å²) in [6, 6.07) is 7.58. The molecule has 0 unspecified atom stereocenters. The summed E-state index contributed by atoms with van der Waals surface area (Å²) in [5.41, 5.74) is -8.34. The van der Waals surface area contributed by atoms with Gasteiger partial charge < -0.3 is 43.4 Å². The summed E-state index contributed by atoms with van der Waals surface area (Å²) in [5, 5.41) is 25.6. The minimum atomic E-state index is -2.51. The van der Waals surface area contributed by atoms with Gasteiger partial charge in [0, 0.05) is 58.3 Å². The van der Waals surface area contributed by atoms with E-state index in [9.17, 15) is 43.8 Å². The van der Waals surface area contributed by atoms with Gasteiger partial charge in [0.25, 0.3) is 0 Å². The van der Waals surface area contributed by atoms with Gasteiger partial charge in [-0.2, -0.15) is 0 Å². The number of rotatable bonds is 8. The maximum Gasteiger partial charge on any atom is 0.338 e. The van der Waals surface area contributed by atoms with Crippen molar-refractivity contribution in [1.29, 1.82) is 0 Å². The number of carbonyl (C=O) groups excluding carboxylic acids is 7. The highest BCUT2D eigenvalue weighted by molar-refractivity contribution is 5.90. The summed E-state index contributed by atoms with van der Waals surface area (Å²) in [6.45, 7) is 13.5. The Hall–Kier alpha value is -4.83. The lowest BCUT2D eigenvalue weighted by atomic mass is 9.66. The van der Waals surface area contributed by atoms with Gasteiger partial charge in [0.05, 0.1) is 17.4 Å². The van der Waals surface area contributed by atoms with Crippen LogP contribution in [0.25, 0.3) is 0 Å². The summed E-state index contributed by atoms with van der Waals surface area (Å²) in [5.74, 6) is -10.0. The minimum Gasteiger partial charge on any atom is -0.459 e. The highest BCUT2D eigenvalue weighted by Crippen LogP contribution is 2.56. The zero-order valence-corrected chi connectivity index (χ0v) is 34.0. The predicted molar refractivity (Wildman–Crippen MR) is 196 cm³/mol. The van der Waals surface area contributed by atoms with Crippen molar-refractivity contribution in [3.8, 4) is 0 Å². The van der Waals surface area contributed by atoms with E-state index in [0.29, 0.717) is 0 Å². The Bertz CT molecular complexity index is 1750. The smallest absolute Gasteiger partial charge is 0.338 e. The number of hydrogen-bond acceptors (Lipinski definition) is 16. The second kappa shape index (κ2) is 16.9. The fraction of sp³-hybridized carbons (Fsp3) is 0.634. The van der Waals surface area contributed by atoms with Gasteiger partial charge in [0.15, 0.2) is 30.0 Å². The van der Waals surface area contributed by atoms with E-state index >= 15 is 0 Å². The molecule has 1 saturated heterocycles. The molecular weight excluding hydrogens is 748 g/mol. The average molecular weight is 803 g/mol. The number of esters is 7. The van der Waals surface area contributed by atoms with Crippen LogP contribution in [0.5, 0.6) is 0 Å². The van der Waals surface area contributed by atoms with E-state index < -0.39 is 138 Å². The van der Waals surface area contributed by atoms with Gasteiger partial charge in [0.2, 0.25) is 0 Å². The lowest BCUT2D eigenvalue weighted by molar-refractivity contribution is -0.270. The molecule has 16 heteroatoms. The molecule has 0 bridgehead atoms. The Kier molecular flexibility index (Phi) is 13.3. The lowest BCUT2D eigenvalue weighted by Crippen LogP contribution is -2.72. The Morgan fingerprint density at radius 3 is 1.93 bits per heavy atom. The van der Waals surface area contributed by atoms with Gasteiger partial charge in [-0.05, 0) is 19.1 Å². The molecule has 11 atom stereocenters. The van der Waals surface area contributed by atoms with E-state index in [1.54, 1.807) is 51.1 Å². The van der Waals surface area contributed by atoms with Crippen LogP contribution in [0.2, 0.25) is 0 Å². The lowest BCUT2D eigenvalue weighted by Gasteiger charge is -2.54. The largest absolute Gasteiger partial charge is 0.459 e. The van der Waals surface area contributed by atoms with Crippen LogP contribution < -0.4 is 0 Å². The number of carbonyl (C=O) groups is 7. The monoisotopic (exact) mass is 802 g/mol. The molecule has 314 valence electrons. The molecule has 4 rings (SSSR count). The first-order valence-electron chi connectivity index (χ1n) is 18.9. The summed E-state index contributed by atoms with van der Waals surface area (Å²) < 4.78 is 42.2. The van der Waals surface area contributed by atoms with Crippen molar-refractivity contribution >= 4 is 41.8 Å². The summed E-state index contributed by atoms with van der Waals surface area (Å²) in [6.07, 6.45) is -9.52. The first-order valence-corrected chi connectivity index (χ1v) is 18.9. The summed E-state index contributed by atoms with van der Waals surface area (Å²) >= 11 is 0. The third-order valence-corrected chi connectivity index (χ3v) is 10.8. The average Bonchev–Trinajstić information content (AvgIpc) is 3.30. The third-order valence-electron chi connectivity index (χ3n) is 10.8. The van der Waals surface area contributed by atoms with Gasteiger partial charge in [-0.1, -0.05) is 65.0 Å². The molecule has 1 saturated carbocycles. The van der Waals surface area contributed by atoms with Crippen molar-refractivity contribution in [2.24, 2.45) is 23.2 Å². The first kappa shape index (κ1) is 44.9. The van der Waals surface area contributed by atoms with Crippen molar-refractivity contribution in [1.82, 2.24) is 0 Å². The zero-order chi connectivity index (χ0) is 42.8. The molecule has 0 aromatic heterocycles. The van der Waals surface area contributed by atoms with Crippen LogP contribution in [0.1, 0.15) is 98.9 Å². The van der Waals surface area contributed by atoms with E-state index in [2.05, 4.69) is 0 Å². The molecule has 1 aromatic rings. The van der Waals surface area contributed by atoms with E-state index in [-0.39, 0.29) is 5.56 Å². The third kappa shape index (κ3) is 9.33. The fourth-order valence-electron chi connectivity index (χ4n) is 8.42. The van der Waals surface area contributed by atoms with Crippen LogP contribution >= 0.6 is 0 Å². The van der Waals surface area contributed by atoms with Gasteiger partial charge in [0.1, 0.15) is 23.4 Å². The molecular formula is C41H54O16. The molecule has 2 aliphatic carbocycles. The Morgan fingerprint density at radius 1 is 0.807 bits per heavy atom. The van der Waals surface area contributed by atoms with Crippen molar-refractivity contribution in [2.75, 3.05) is 0 Å². The number of hydrogen-bond donors (Lipinski definition) is 2. The van der Waals surface area contributed by atoms with Crippen molar-refractivity contribution in [2.45, 2.75) is 142 Å². The highest BCUT2D eigenvalue weighted by atomic mass is 16.7. The van der Waals surface area contributed by atoms with Crippen LogP contribution in [-0.2, 0) is 61.9 Å². The topological polar surface area (TPSA) is 225 Å². The SMILES string of the molecule is CC(=O)O[C@H]1[C@@H](OC(C)=O)C(C)(C)/C=C/[C@H](C)[C@H](OC(C)=O)[C@@]2(O)C[C@@](C)(OC(C)=O)[C@H](O)[C@@H]2[C@H]2OC(=O)CC[C@@]2(OC(=O)c2ccccc2)[C@@H]1OC(=O)C(C)C. The normalized spacial score (nSPS) is 35.4. The molecule has 3 aliphatic rings. The predicted octanol–water partition coefficient (Wildman–Crippen LogP) is 3.32. The van der Waals surface area contributed by atoms with Gasteiger partial charge >= 0.3 is 41.8 Å². The number of fused-ring (bicyclic) bond motifs is 3. The zero-order valence-electron chi connectivity index (χ0n) is 34.0. The molecule has 16 nitrogen and oxygen atoms in total.